The Balaban J connectivity index is 3.80. The Labute approximate surface area is 74.0 Å². The molecule has 3 N–H and O–H groups in total. The molecule has 0 rings (SSSR count). The van der Waals surface area contributed by atoms with Crippen LogP contribution in [-0.2, 0) is 0 Å². The highest BCUT2D eigenvalue weighted by atomic mass is 16.5. The van der Waals surface area contributed by atoms with Crippen LogP contribution in [0.25, 0.3) is 0 Å². The quantitative estimate of drug-likeness (QED) is 0.416. The van der Waals surface area contributed by atoms with Gasteiger partial charge in [-0.25, -0.2) is 0 Å². The van der Waals surface area contributed by atoms with Crippen molar-refractivity contribution in [3.8, 4) is 0 Å². The minimum atomic E-state index is -1.42. The fourth-order valence-electron chi connectivity index (χ4n) is 1.07. The second kappa shape index (κ2) is 5.51. The molecule has 12 heavy (non-hydrogen) atoms. The van der Waals surface area contributed by atoms with E-state index in [0.717, 1.165) is 19.3 Å². The highest BCUT2D eigenvalue weighted by molar-refractivity contribution is 4.74. The first-order chi connectivity index (χ1) is 5.56. The fraction of sp³-hybridized carbons (Fsp3) is 1.00. The summed E-state index contributed by atoms with van der Waals surface area (Å²) in [5, 5.41) is 26.9. The van der Waals surface area contributed by atoms with Gasteiger partial charge in [0.05, 0.1) is 6.61 Å². The predicted molar refractivity (Wildman–Crippen MR) is 47.6 cm³/mol. The summed E-state index contributed by atoms with van der Waals surface area (Å²) in [6, 6.07) is 0. The van der Waals surface area contributed by atoms with Crippen LogP contribution in [0.2, 0.25) is 0 Å². The van der Waals surface area contributed by atoms with Gasteiger partial charge in [-0.3, -0.25) is 0 Å². The van der Waals surface area contributed by atoms with Gasteiger partial charge < -0.3 is 15.3 Å². The summed E-state index contributed by atoms with van der Waals surface area (Å²) < 4.78 is 0. The fourth-order valence-corrected chi connectivity index (χ4v) is 1.07. The summed E-state index contributed by atoms with van der Waals surface area (Å²) in [4.78, 5) is 0. The second-order valence-corrected chi connectivity index (χ2v) is 3.64. The van der Waals surface area contributed by atoms with Gasteiger partial charge in [0.15, 0.2) is 6.29 Å². The van der Waals surface area contributed by atoms with Crippen LogP contribution in [0.3, 0.4) is 0 Å². The maximum atomic E-state index is 8.97. The summed E-state index contributed by atoms with van der Waals surface area (Å²) in [7, 11) is 0. The lowest BCUT2D eigenvalue weighted by atomic mass is 9.85. The smallest absolute Gasteiger partial charge is 0.159 e. The molecule has 0 heterocycles. The molecule has 3 nitrogen and oxygen atoms in total. The van der Waals surface area contributed by atoms with E-state index in [2.05, 4.69) is 6.92 Å². The number of hydrogen-bond donors (Lipinski definition) is 3. The predicted octanol–water partition coefficient (Wildman–Crippen LogP) is 0.876. The maximum Gasteiger partial charge on any atom is 0.159 e. The van der Waals surface area contributed by atoms with Gasteiger partial charge in [0.25, 0.3) is 0 Å². The van der Waals surface area contributed by atoms with Crippen molar-refractivity contribution in [2.75, 3.05) is 6.61 Å². The van der Waals surface area contributed by atoms with E-state index in [-0.39, 0.29) is 6.61 Å². The van der Waals surface area contributed by atoms with E-state index in [1.54, 1.807) is 6.92 Å². The Kier molecular flexibility index (Phi) is 5.46. The Morgan fingerprint density at radius 3 is 2.17 bits per heavy atom. The Morgan fingerprint density at radius 2 is 1.83 bits per heavy atom. The molecule has 0 spiro atoms. The minimum Gasteiger partial charge on any atom is -0.396 e. The molecule has 0 saturated heterocycles. The van der Waals surface area contributed by atoms with Crippen molar-refractivity contribution in [3.05, 3.63) is 0 Å². The van der Waals surface area contributed by atoms with Crippen LogP contribution < -0.4 is 0 Å². The second-order valence-electron chi connectivity index (χ2n) is 3.64. The molecule has 0 aliphatic rings. The van der Waals surface area contributed by atoms with Crippen molar-refractivity contribution in [1.29, 1.82) is 0 Å². The van der Waals surface area contributed by atoms with E-state index >= 15 is 0 Å². The van der Waals surface area contributed by atoms with E-state index < -0.39 is 11.7 Å². The van der Waals surface area contributed by atoms with Crippen LogP contribution in [-0.4, -0.2) is 28.2 Å². The van der Waals surface area contributed by atoms with E-state index in [1.165, 1.54) is 0 Å². The highest BCUT2D eigenvalue weighted by Crippen LogP contribution is 2.26. The molecule has 1 unspecified atom stereocenters. The van der Waals surface area contributed by atoms with Gasteiger partial charge in [-0.1, -0.05) is 33.1 Å². The molecule has 0 aromatic heterocycles. The van der Waals surface area contributed by atoms with Crippen molar-refractivity contribution in [1.82, 2.24) is 0 Å². The molecule has 0 bridgehead atoms. The zero-order chi connectivity index (χ0) is 9.61. The lowest BCUT2D eigenvalue weighted by Crippen LogP contribution is -2.35. The Hall–Kier alpha value is -0.120. The largest absolute Gasteiger partial charge is 0.396 e. The first kappa shape index (κ1) is 11.9. The monoisotopic (exact) mass is 176 g/mol. The van der Waals surface area contributed by atoms with Gasteiger partial charge in [-0.2, -0.15) is 0 Å². The molecule has 0 aromatic carbocycles. The van der Waals surface area contributed by atoms with Gasteiger partial charge >= 0.3 is 0 Å². The molecular weight excluding hydrogens is 156 g/mol. The summed E-state index contributed by atoms with van der Waals surface area (Å²) in [5.41, 5.74) is -0.741. The number of rotatable bonds is 6. The molecule has 74 valence electrons. The van der Waals surface area contributed by atoms with Crippen molar-refractivity contribution < 1.29 is 15.3 Å². The van der Waals surface area contributed by atoms with Crippen LogP contribution in [0.15, 0.2) is 0 Å². The van der Waals surface area contributed by atoms with E-state index in [1.807, 2.05) is 0 Å². The molecule has 0 saturated carbocycles. The third-order valence-electron chi connectivity index (χ3n) is 2.34. The first-order valence-electron chi connectivity index (χ1n) is 4.54. The molecule has 0 aromatic rings. The van der Waals surface area contributed by atoms with E-state index in [0.29, 0.717) is 6.42 Å². The van der Waals surface area contributed by atoms with Crippen molar-refractivity contribution >= 4 is 0 Å². The molecule has 0 amide bonds. The molecule has 0 radical (unpaired) electrons. The van der Waals surface area contributed by atoms with E-state index in [9.17, 15) is 0 Å². The third-order valence-corrected chi connectivity index (χ3v) is 2.34. The molecular formula is C9H20O3. The minimum absolute atomic E-state index is 0.172. The average Bonchev–Trinajstić information content (AvgIpc) is 2.04. The van der Waals surface area contributed by atoms with Crippen molar-refractivity contribution in [2.45, 2.75) is 45.8 Å². The molecule has 1 atom stereocenters. The van der Waals surface area contributed by atoms with Crippen LogP contribution >= 0.6 is 0 Å². The topological polar surface area (TPSA) is 60.7 Å². The normalized spacial score (nSPS) is 16.5. The van der Waals surface area contributed by atoms with Crippen LogP contribution in [0.1, 0.15) is 39.5 Å². The highest BCUT2D eigenvalue weighted by Gasteiger charge is 2.30. The number of hydrogen-bond acceptors (Lipinski definition) is 3. The van der Waals surface area contributed by atoms with Gasteiger partial charge in [-0.15, -0.1) is 0 Å². The molecule has 0 aliphatic heterocycles. The van der Waals surface area contributed by atoms with E-state index in [4.69, 9.17) is 15.3 Å². The van der Waals surface area contributed by atoms with Gasteiger partial charge in [-0.05, 0) is 6.42 Å². The molecule has 0 fully saturated rings. The number of unbranched alkanes of at least 4 members (excludes halogenated alkanes) is 2. The summed E-state index contributed by atoms with van der Waals surface area (Å²) in [5.74, 6) is 0. The van der Waals surface area contributed by atoms with Crippen molar-refractivity contribution in [2.24, 2.45) is 5.41 Å². The van der Waals surface area contributed by atoms with Gasteiger partial charge in [0.2, 0.25) is 0 Å². The molecule has 0 aliphatic carbocycles. The lowest BCUT2D eigenvalue weighted by Gasteiger charge is -2.28. The maximum absolute atomic E-state index is 8.97. The van der Waals surface area contributed by atoms with Crippen LogP contribution in [0, 0.1) is 5.41 Å². The lowest BCUT2D eigenvalue weighted by molar-refractivity contribution is -0.147. The first-order valence-corrected chi connectivity index (χ1v) is 4.54. The number of aliphatic hydroxyl groups is 3. The Bertz CT molecular complexity index is 114. The zero-order valence-corrected chi connectivity index (χ0v) is 7.95. The number of aliphatic hydroxyl groups excluding tert-OH is 2. The van der Waals surface area contributed by atoms with Crippen molar-refractivity contribution in [3.63, 3.8) is 0 Å². The zero-order valence-electron chi connectivity index (χ0n) is 7.95. The molecule has 3 heteroatoms. The van der Waals surface area contributed by atoms with Gasteiger partial charge in [0, 0.05) is 5.41 Å². The summed E-state index contributed by atoms with van der Waals surface area (Å²) in [6.07, 6.45) is 2.35. The summed E-state index contributed by atoms with van der Waals surface area (Å²) in [6.45, 7) is 3.60. The van der Waals surface area contributed by atoms with Crippen LogP contribution in [0.5, 0.6) is 0 Å². The SMILES string of the molecule is CCCCCC(C)(CO)C(O)O. The standard InChI is InChI=1S/C9H20O3/c1-3-4-5-6-9(2,7-10)8(11)12/h8,10-12H,3-7H2,1-2H3. The average molecular weight is 176 g/mol. The van der Waals surface area contributed by atoms with Crippen LogP contribution in [0.4, 0.5) is 0 Å². The summed E-state index contributed by atoms with van der Waals surface area (Å²) >= 11 is 0. The third kappa shape index (κ3) is 3.52. The van der Waals surface area contributed by atoms with Gasteiger partial charge in [0.1, 0.15) is 0 Å². The Morgan fingerprint density at radius 1 is 1.25 bits per heavy atom.